The molecule has 6 nitrogen and oxygen atoms in total. The highest BCUT2D eigenvalue weighted by molar-refractivity contribution is 7.16. The summed E-state index contributed by atoms with van der Waals surface area (Å²) in [7, 11) is 1.89. The van der Waals surface area contributed by atoms with Crippen molar-refractivity contribution < 1.29 is 22.8 Å². The second-order valence-electron chi connectivity index (χ2n) is 9.94. The molecule has 3 heterocycles. The standard InChI is InChI=1S/C30H29F3N4O2S/c1-4-9-20-16-34-36(3)27(20)24-15-26(40-18(24)2)35-21(14-19-10-5-8-13-25(19)30(31,32)33)17-37-28(38)22-11-6-7-12-23(22)29(37)39/h5-8,10-13,15-16,21,35H,4,9,14,17H2,1-3H3/t21-/m0/s1. The summed E-state index contributed by atoms with van der Waals surface area (Å²) in [6.07, 6.45) is -0.866. The molecule has 5 rings (SSSR count). The molecule has 2 aromatic heterocycles. The van der Waals surface area contributed by atoms with Crippen molar-refractivity contribution in [2.24, 2.45) is 7.05 Å². The van der Waals surface area contributed by atoms with Crippen LogP contribution in [0.25, 0.3) is 11.3 Å². The van der Waals surface area contributed by atoms with Crippen LogP contribution in [0.15, 0.2) is 60.8 Å². The number of carbonyl (C=O) groups excluding carboxylic acids is 2. The number of anilines is 1. The van der Waals surface area contributed by atoms with Crippen molar-refractivity contribution >= 4 is 28.2 Å². The van der Waals surface area contributed by atoms with Crippen molar-refractivity contribution in [1.82, 2.24) is 14.7 Å². The summed E-state index contributed by atoms with van der Waals surface area (Å²) in [5, 5.41) is 8.54. The highest BCUT2D eigenvalue weighted by Gasteiger charge is 2.38. The third-order valence-corrected chi connectivity index (χ3v) is 8.11. The molecule has 1 atom stereocenters. The number of aromatic nitrogens is 2. The zero-order valence-corrected chi connectivity index (χ0v) is 23.2. The second-order valence-corrected chi connectivity index (χ2v) is 11.2. The van der Waals surface area contributed by atoms with Crippen LogP contribution in [0.5, 0.6) is 0 Å². The number of fused-ring (bicyclic) bond motifs is 1. The lowest BCUT2D eigenvalue weighted by atomic mass is 9.99. The summed E-state index contributed by atoms with van der Waals surface area (Å²) in [6, 6.07) is 13.3. The summed E-state index contributed by atoms with van der Waals surface area (Å²) in [6.45, 7) is 4.01. The van der Waals surface area contributed by atoms with E-state index < -0.39 is 29.6 Å². The van der Waals surface area contributed by atoms with Crippen LogP contribution < -0.4 is 5.32 Å². The van der Waals surface area contributed by atoms with Crippen molar-refractivity contribution in [2.45, 2.75) is 45.3 Å². The van der Waals surface area contributed by atoms with Crippen molar-refractivity contribution in [2.75, 3.05) is 11.9 Å². The first kappa shape index (κ1) is 27.6. The zero-order chi connectivity index (χ0) is 28.6. The molecule has 4 aromatic rings. The third kappa shape index (κ3) is 5.28. The van der Waals surface area contributed by atoms with Crippen molar-refractivity contribution in [1.29, 1.82) is 0 Å². The maximum atomic E-state index is 13.8. The van der Waals surface area contributed by atoms with E-state index >= 15 is 0 Å². The van der Waals surface area contributed by atoms with E-state index in [9.17, 15) is 22.8 Å². The molecule has 40 heavy (non-hydrogen) atoms. The summed E-state index contributed by atoms with van der Waals surface area (Å²) in [4.78, 5) is 28.4. The van der Waals surface area contributed by atoms with Gasteiger partial charge in [-0.1, -0.05) is 43.7 Å². The van der Waals surface area contributed by atoms with Gasteiger partial charge in [0.05, 0.1) is 33.6 Å². The number of alkyl halides is 3. The zero-order valence-electron chi connectivity index (χ0n) is 22.4. The molecule has 1 N–H and O–H groups in total. The van der Waals surface area contributed by atoms with Crippen LogP contribution in [0, 0.1) is 6.92 Å². The van der Waals surface area contributed by atoms with Gasteiger partial charge in [0.1, 0.15) is 0 Å². The molecule has 0 bridgehead atoms. The molecule has 1 aliphatic heterocycles. The van der Waals surface area contributed by atoms with Gasteiger partial charge >= 0.3 is 6.18 Å². The fourth-order valence-corrected chi connectivity index (χ4v) is 6.30. The normalized spacial score (nSPS) is 14.1. The average molecular weight is 567 g/mol. The molecule has 2 amide bonds. The molecular weight excluding hydrogens is 537 g/mol. The molecule has 208 valence electrons. The molecule has 0 radical (unpaired) electrons. The number of hydrogen-bond donors (Lipinski definition) is 1. The number of amides is 2. The fourth-order valence-electron chi connectivity index (χ4n) is 5.30. The minimum absolute atomic E-state index is 0.0395. The van der Waals surface area contributed by atoms with Gasteiger partial charge in [-0.3, -0.25) is 19.2 Å². The second kappa shape index (κ2) is 10.9. The Morgan fingerprint density at radius 3 is 2.27 bits per heavy atom. The molecular formula is C30H29F3N4O2S. The lowest BCUT2D eigenvalue weighted by Gasteiger charge is -2.25. The van der Waals surface area contributed by atoms with Crippen LogP contribution in [0.4, 0.5) is 18.2 Å². The number of thiophene rings is 1. The Labute approximate surface area is 234 Å². The maximum Gasteiger partial charge on any atom is 0.416 e. The van der Waals surface area contributed by atoms with E-state index in [4.69, 9.17) is 0 Å². The number of nitrogens with one attached hydrogen (secondary N) is 1. The fraction of sp³-hybridized carbons (Fsp3) is 0.300. The number of aryl methyl sites for hydroxylation is 3. The molecule has 0 unspecified atom stereocenters. The molecule has 0 fully saturated rings. The first-order valence-electron chi connectivity index (χ1n) is 13.1. The summed E-state index contributed by atoms with van der Waals surface area (Å²) < 4.78 is 43.4. The van der Waals surface area contributed by atoms with Crippen LogP contribution in [0.1, 0.15) is 55.6 Å². The average Bonchev–Trinajstić information content (AvgIpc) is 3.53. The number of rotatable bonds is 9. The van der Waals surface area contributed by atoms with Crippen LogP contribution in [-0.4, -0.2) is 39.1 Å². The third-order valence-electron chi connectivity index (χ3n) is 7.12. The lowest BCUT2D eigenvalue weighted by Crippen LogP contribution is -2.41. The summed E-state index contributed by atoms with van der Waals surface area (Å²) >= 11 is 1.48. The van der Waals surface area contributed by atoms with E-state index in [1.54, 1.807) is 30.3 Å². The summed E-state index contributed by atoms with van der Waals surface area (Å²) in [5.41, 5.74) is 3.08. The van der Waals surface area contributed by atoms with Crippen LogP contribution >= 0.6 is 11.3 Å². The first-order chi connectivity index (χ1) is 19.1. The van der Waals surface area contributed by atoms with Crippen LogP contribution in [-0.2, 0) is 26.1 Å². The molecule has 0 aliphatic carbocycles. The SMILES string of the molecule is CCCc1cnn(C)c1-c1cc(N[C@@H](Cc2ccccc2C(F)(F)F)CN2C(=O)c3ccccc3C2=O)sc1C. The lowest BCUT2D eigenvalue weighted by molar-refractivity contribution is -0.138. The number of carbonyl (C=O) groups is 2. The molecule has 2 aromatic carbocycles. The van der Waals surface area contributed by atoms with Gasteiger partial charge in [-0.2, -0.15) is 18.3 Å². The highest BCUT2D eigenvalue weighted by Crippen LogP contribution is 2.37. The van der Waals surface area contributed by atoms with Crippen molar-refractivity contribution in [3.05, 3.63) is 93.5 Å². The first-order valence-corrected chi connectivity index (χ1v) is 13.9. The molecule has 0 saturated heterocycles. The Bertz CT molecular complexity index is 1540. The van der Waals surface area contributed by atoms with Crippen LogP contribution in [0.2, 0.25) is 0 Å². The van der Waals surface area contributed by atoms with Gasteiger partial charge in [-0.05, 0) is 55.2 Å². The van der Waals surface area contributed by atoms with Crippen molar-refractivity contribution in [3.63, 3.8) is 0 Å². The molecule has 10 heteroatoms. The van der Waals surface area contributed by atoms with Gasteiger partial charge in [-0.15, -0.1) is 11.3 Å². The Balaban J connectivity index is 1.49. The van der Waals surface area contributed by atoms with Gasteiger partial charge < -0.3 is 5.32 Å². The van der Waals surface area contributed by atoms with E-state index in [1.165, 1.54) is 23.5 Å². The monoisotopic (exact) mass is 566 g/mol. The Morgan fingerprint density at radius 2 is 1.62 bits per heavy atom. The summed E-state index contributed by atoms with van der Waals surface area (Å²) in [5.74, 6) is -0.891. The number of benzene rings is 2. The number of imide groups is 1. The van der Waals surface area contributed by atoms with Gasteiger partial charge in [0, 0.05) is 30.1 Å². The van der Waals surface area contributed by atoms with E-state index in [0.29, 0.717) is 11.1 Å². The van der Waals surface area contributed by atoms with Crippen molar-refractivity contribution in [3.8, 4) is 11.3 Å². The number of nitrogens with zero attached hydrogens (tertiary/aromatic N) is 3. The predicted octanol–water partition coefficient (Wildman–Crippen LogP) is 6.75. The smallest absolute Gasteiger partial charge is 0.372 e. The minimum atomic E-state index is -4.53. The van der Waals surface area contributed by atoms with E-state index in [0.717, 1.165) is 50.5 Å². The Kier molecular flexibility index (Phi) is 7.55. The highest BCUT2D eigenvalue weighted by atomic mass is 32.1. The number of halogens is 3. The Morgan fingerprint density at radius 1 is 0.975 bits per heavy atom. The van der Waals surface area contributed by atoms with E-state index in [2.05, 4.69) is 17.3 Å². The van der Waals surface area contributed by atoms with Gasteiger partial charge in [0.15, 0.2) is 0 Å². The van der Waals surface area contributed by atoms with Gasteiger partial charge in [-0.25, -0.2) is 0 Å². The molecule has 0 spiro atoms. The predicted molar refractivity (Wildman–Crippen MR) is 150 cm³/mol. The van der Waals surface area contributed by atoms with Gasteiger partial charge in [0.25, 0.3) is 11.8 Å². The van der Waals surface area contributed by atoms with Crippen LogP contribution in [0.3, 0.4) is 0 Å². The minimum Gasteiger partial charge on any atom is -0.372 e. The van der Waals surface area contributed by atoms with E-state index in [1.807, 2.05) is 30.9 Å². The van der Waals surface area contributed by atoms with E-state index in [-0.39, 0.29) is 18.5 Å². The topological polar surface area (TPSA) is 67.2 Å². The quantitative estimate of drug-likeness (QED) is 0.228. The Hall–Kier alpha value is -3.92. The maximum absolute atomic E-state index is 13.8. The molecule has 1 aliphatic rings. The number of hydrogen-bond acceptors (Lipinski definition) is 5. The van der Waals surface area contributed by atoms with Gasteiger partial charge in [0.2, 0.25) is 0 Å². The largest absolute Gasteiger partial charge is 0.416 e. The molecule has 0 saturated carbocycles.